The molecule has 0 aliphatic carbocycles. The molecule has 1 atom stereocenters. The van der Waals surface area contributed by atoms with Crippen LogP contribution in [0.1, 0.15) is 17.5 Å². The number of nitrogens with zero attached hydrogens (tertiary/aromatic N) is 1. The van der Waals surface area contributed by atoms with Gasteiger partial charge in [0.05, 0.1) is 32.9 Å². The van der Waals surface area contributed by atoms with Gasteiger partial charge in [-0.3, -0.25) is 9.59 Å². The lowest BCUT2D eigenvalue weighted by Crippen LogP contribution is -2.28. The van der Waals surface area contributed by atoms with Crippen molar-refractivity contribution in [2.45, 2.75) is 20.3 Å². The second-order valence-corrected chi connectivity index (χ2v) is 7.03. The minimum atomic E-state index is -0.443. The lowest BCUT2D eigenvalue weighted by Gasteiger charge is -2.20. The third-order valence-corrected chi connectivity index (χ3v) is 5.32. The van der Waals surface area contributed by atoms with Crippen LogP contribution in [0.4, 0.5) is 11.4 Å². The molecule has 1 aliphatic rings. The number of ether oxygens (including phenoxy) is 3. The molecule has 2 aromatic carbocycles. The maximum Gasteiger partial charge on any atom is 0.229 e. The van der Waals surface area contributed by atoms with E-state index in [4.69, 9.17) is 14.2 Å². The van der Waals surface area contributed by atoms with Crippen molar-refractivity contribution in [1.82, 2.24) is 0 Å². The molecule has 154 valence electrons. The molecule has 3 rings (SSSR count). The molecule has 0 spiro atoms. The quantitative estimate of drug-likeness (QED) is 0.808. The molecule has 7 nitrogen and oxygen atoms in total. The Morgan fingerprint density at radius 2 is 1.72 bits per heavy atom. The molecule has 0 saturated carbocycles. The minimum Gasteiger partial charge on any atom is -0.493 e. The number of anilines is 2. The van der Waals surface area contributed by atoms with Gasteiger partial charge in [0.15, 0.2) is 11.5 Å². The van der Waals surface area contributed by atoms with Crippen LogP contribution in [0, 0.1) is 19.8 Å². The van der Waals surface area contributed by atoms with Gasteiger partial charge in [-0.15, -0.1) is 0 Å². The molecular weight excluding hydrogens is 372 g/mol. The van der Waals surface area contributed by atoms with E-state index >= 15 is 0 Å². The average Bonchev–Trinajstić information content (AvgIpc) is 3.12. The van der Waals surface area contributed by atoms with Gasteiger partial charge in [-0.25, -0.2) is 0 Å². The molecule has 2 aromatic rings. The zero-order valence-electron chi connectivity index (χ0n) is 17.4. The molecule has 1 saturated heterocycles. The molecule has 0 radical (unpaired) electrons. The molecule has 29 heavy (non-hydrogen) atoms. The minimum absolute atomic E-state index is 0.125. The number of carbonyl (C=O) groups excluding carboxylic acids is 2. The van der Waals surface area contributed by atoms with E-state index in [1.165, 1.54) is 21.3 Å². The highest BCUT2D eigenvalue weighted by atomic mass is 16.5. The first-order chi connectivity index (χ1) is 13.9. The van der Waals surface area contributed by atoms with Crippen LogP contribution in [-0.4, -0.2) is 39.7 Å². The maximum atomic E-state index is 12.8. The van der Waals surface area contributed by atoms with Crippen molar-refractivity contribution in [3.63, 3.8) is 0 Å². The predicted octanol–water partition coefficient (Wildman–Crippen LogP) is 3.32. The van der Waals surface area contributed by atoms with Crippen LogP contribution in [0.25, 0.3) is 0 Å². The van der Waals surface area contributed by atoms with Gasteiger partial charge in [0.1, 0.15) is 0 Å². The first-order valence-corrected chi connectivity index (χ1v) is 9.37. The van der Waals surface area contributed by atoms with E-state index in [0.717, 1.165) is 16.8 Å². The summed E-state index contributed by atoms with van der Waals surface area (Å²) in [6, 6.07) is 9.19. The molecule has 0 bridgehead atoms. The van der Waals surface area contributed by atoms with Crippen molar-refractivity contribution in [2.24, 2.45) is 5.92 Å². The average molecular weight is 398 g/mol. The lowest BCUT2D eigenvalue weighted by atomic mass is 10.1. The predicted molar refractivity (Wildman–Crippen MR) is 111 cm³/mol. The van der Waals surface area contributed by atoms with Gasteiger partial charge in [-0.05, 0) is 31.0 Å². The summed E-state index contributed by atoms with van der Waals surface area (Å²) >= 11 is 0. The Morgan fingerprint density at radius 3 is 2.31 bits per heavy atom. The number of methoxy groups -OCH3 is 3. The summed E-state index contributed by atoms with van der Waals surface area (Å²) in [5, 5.41) is 2.96. The van der Waals surface area contributed by atoms with Crippen LogP contribution >= 0.6 is 0 Å². The second kappa shape index (κ2) is 8.43. The number of hydrogen-bond acceptors (Lipinski definition) is 5. The van der Waals surface area contributed by atoms with Crippen LogP contribution in [0.15, 0.2) is 30.3 Å². The molecule has 1 heterocycles. The zero-order valence-corrected chi connectivity index (χ0v) is 17.4. The fraction of sp³-hybridized carbons (Fsp3) is 0.364. The van der Waals surface area contributed by atoms with E-state index in [1.54, 1.807) is 17.0 Å². The topological polar surface area (TPSA) is 77.1 Å². The van der Waals surface area contributed by atoms with Crippen LogP contribution in [0.3, 0.4) is 0 Å². The Balaban J connectivity index is 1.81. The van der Waals surface area contributed by atoms with Gasteiger partial charge in [0, 0.05) is 30.8 Å². The van der Waals surface area contributed by atoms with Gasteiger partial charge in [0.25, 0.3) is 0 Å². The van der Waals surface area contributed by atoms with E-state index < -0.39 is 5.92 Å². The summed E-state index contributed by atoms with van der Waals surface area (Å²) in [7, 11) is 4.56. The SMILES string of the molecule is COc1cc(N2CC(C(=O)Nc3cccc(C)c3C)CC2=O)cc(OC)c1OC. The van der Waals surface area contributed by atoms with Crippen molar-refractivity contribution in [2.75, 3.05) is 38.1 Å². The molecule has 7 heteroatoms. The van der Waals surface area contributed by atoms with E-state index in [-0.39, 0.29) is 24.8 Å². The maximum absolute atomic E-state index is 12.8. The van der Waals surface area contributed by atoms with Crippen LogP contribution in [0.5, 0.6) is 17.2 Å². The molecule has 0 aromatic heterocycles. The Hall–Kier alpha value is -3.22. The fourth-order valence-electron chi connectivity index (χ4n) is 3.48. The van der Waals surface area contributed by atoms with Gasteiger partial charge in [-0.2, -0.15) is 0 Å². The Labute approximate surface area is 170 Å². The van der Waals surface area contributed by atoms with E-state index in [2.05, 4.69) is 5.32 Å². The first kappa shape index (κ1) is 20.5. The van der Waals surface area contributed by atoms with Gasteiger partial charge in [-0.1, -0.05) is 12.1 Å². The summed E-state index contributed by atoms with van der Waals surface area (Å²) in [4.78, 5) is 27.0. The molecule has 2 amide bonds. The third kappa shape index (κ3) is 3.99. The van der Waals surface area contributed by atoms with Crippen LogP contribution < -0.4 is 24.4 Å². The molecule has 1 fully saturated rings. The van der Waals surface area contributed by atoms with Crippen molar-refractivity contribution in [1.29, 1.82) is 0 Å². The van der Waals surface area contributed by atoms with Crippen molar-refractivity contribution in [3.05, 3.63) is 41.5 Å². The van der Waals surface area contributed by atoms with Crippen molar-refractivity contribution >= 4 is 23.2 Å². The van der Waals surface area contributed by atoms with Gasteiger partial charge >= 0.3 is 0 Å². The number of rotatable bonds is 6. The number of carbonyl (C=O) groups is 2. The van der Waals surface area contributed by atoms with Gasteiger partial charge in [0.2, 0.25) is 17.6 Å². The van der Waals surface area contributed by atoms with Crippen molar-refractivity contribution in [3.8, 4) is 17.2 Å². The van der Waals surface area contributed by atoms with E-state index in [9.17, 15) is 9.59 Å². The second-order valence-electron chi connectivity index (χ2n) is 7.03. The molecule has 1 unspecified atom stereocenters. The van der Waals surface area contributed by atoms with Gasteiger partial charge < -0.3 is 24.4 Å². The number of amides is 2. The standard InChI is InChI=1S/C22H26N2O5/c1-13-7-6-8-17(14(13)2)23-22(26)15-9-20(25)24(12-15)16-10-18(27-3)21(29-5)19(11-16)28-4/h6-8,10-11,15H,9,12H2,1-5H3,(H,23,26). The summed E-state index contributed by atoms with van der Waals surface area (Å²) in [5.74, 6) is 0.634. The number of benzene rings is 2. The van der Waals surface area contributed by atoms with Crippen LogP contribution in [-0.2, 0) is 9.59 Å². The van der Waals surface area contributed by atoms with E-state index in [0.29, 0.717) is 22.9 Å². The zero-order chi connectivity index (χ0) is 21.1. The first-order valence-electron chi connectivity index (χ1n) is 9.37. The number of hydrogen-bond donors (Lipinski definition) is 1. The fourth-order valence-corrected chi connectivity index (χ4v) is 3.48. The lowest BCUT2D eigenvalue weighted by molar-refractivity contribution is -0.122. The highest BCUT2D eigenvalue weighted by Crippen LogP contribution is 2.42. The van der Waals surface area contributed by atoms with Crippen molar-refractivity contribution < 1.29 is 23.8 Å². The number of nitrogens with one attached hydrogen (secondary N) is 1. The largest absolute Gasteiger partial charge is 0.493 e. The van der Waals surface area contributed by atoms with E-state index in [1.807, 2.05) is 32.0 Å². The third-order valence-electron chi connectivity index (χ3n) is 5.32. The Morgan fingerprint density at radius 1 is 1.07 bits per heavy atom. The summed E-state index contributed by atoms with van der Waals surface area (Å²) in [6.07, 6.45) is 0.146. The summed E-state index contributed by atoms with van der Waals surface area (Å²) < 4.78 is 16.1. The van der Waals surface area contributed by atoms with Crippen LogP contribution in [0.2, 0.25) is 0 Å². The highest BCUT2D eigenvalue weighted by molar-refractivity contribution is 6.04. The Bertz CT molecular complexity index is 916. The monoisotopic (exact) mass is 398 g/mol. The molecule has 1 N–H and O–H groups in total. The summed E-state index contributed by atoms with van der Waals surface area (Å²) in [6.45, 7) is 4.25. The highest BCUT2D eigenvalue weighted by Gasteiger charge is 2.36. The molecular formula is C22H26N2O5. The Kier molecular flexibility index (Phi) is 5.96. The normalized spacial score (nSPS) is 16.0. The smallest absolute Gasteiger partial charge is 0.229 e. The molecule has 1 aliphatic heterocycles. The summed E-state index contributed by atoms with van der Waals surface area (Å²) in [5.41, 5.74) is 3.50. The number of aryl methyl sites for hydroxylation is 1.